The number of hydrogen-bond acceptors (Lipinski definition) is 5. The van der Waals surface area contributed by atoms with E-state index >= 15 is 0 Å². The van der Waals surface area contributed by atoms with Gasteiger partial charge in [-0.3, -0.25) is 0 Å². The third-order valence-corrected chi connectivity index (χ3v) is 4.58. The number of thiazole rings is 1. The summed E-state index contributed by atoms with van der Waals surface area (Å²) in [5, 5.41) is 10.3. The van der Waals surface area contributed by atoms with Crippen LogP contribution in [0.25, 0.3) is 0 Å². The van der Waals surface area contributed by atoms with Crippen molar-refractivity contribution in [2.24, 2.45) is 0 Å². The molecule has 0 saturated carbocycles. The van der Waals surface area contributed by atoms with Crippen molar-refractivity contribution in [2.45, 2.75) is 19.0 Å². The summed E-state index contributed by atoms with van der Waals surface area (Å²) in [6.07, 6.45) is 1.87. The van der Waals surface area contributed by atoms with Gasteiger partial charge in [0.15, 0.2) is 0 Å². The summed E-state index contributed by atoms with van der Waals surface area (Å²) in [6, 6.07) is 0.991. The Morgan fingerprint density at radius 2 is 2.67 bits per heavy atom. The van der Waals surface area contributed by atoms with Crippen LogP contribution in [-0.4, -0.2) is 35.6 Å². The van der Waals surface area contributed by atoms with Gasteiger partial charge in [0.25, 0.3) is 0 Å². The van der Waals surface area contributed by atoms with Crippen molar-refractivity contribution in [2.75, 3.05) is 24.6 Å². The Kier molecular flexibility index (Phi) is 4.43. The summed E-state index contributed by atoms with van der Waals surface area (Å²) in [5.74, 6) is 2.47. The summed E-state index contributed by atoms with van der Waals surface area (Å²) in [6.45, 7) is 4.35. The Hall–Kier alpha value is -0.100. The highest BCUT2D eigenvalue weighted by Crippen LogP contribution is 2.15. The van der Waals surface area contributed by atoms with E-state index in [1.165, 1.54) is 16.5 Å². The maximum Gasteiger partial charge on any atom is 0.109 e. The molecule has 5 heteroatoms. The number of aromatic nitrogens is 1. The second kappa shape index (κ2) is 5.84. The van der Waals surface area contributed by atoms with Crippen LogP contribution in [0.2, 0.25) is 0 Å². The van der Waals surface area contributed by atoms with Crippen molar-refractivity contribution >= 4 is 23.1 Å². The predicted molar refractivity (Wildman–Crippen MR) is 67.6 cm³/mol. The third kappa shape index (κ3) is 3.45. The van der Waals surface area contributed by atoms with Crippen LogP contribution in [0.5, 0.6) is 0 Å². The van der Waals surface area contributed by atoms with Gasteiger partial charge in [0.2, 0.25) is 0 Å². The predicted octanol–water partition coefficient (Wildman–Crippen LogP) is 1.50. The van der Waals surface area contributed by atoms with Crippen LogP contribution < -0.4 is 10.6 Å². The molecule has 84 valence electrons. The lowest BCUT2D eigenvalue weighted by Crippen LogP contribution is -2.44. The van der Waals surface area contributed by atoms with Crippen molar-refractivity contribution in [1.82, 2.24) is 15.6 Å². The highest BCUT2D eigenvalue weighted by atomic mass is 32.2. The molecular formula is C10H17N3S2. The van der Waals surface area contributed by atoms with Gasteiger partial charge >= 0.3 is 0 Å². The Morgan fingerprint density at radius 3 is 3.33 bits per heavy atom. The van der Waals surface area contributed by atoms with E-state index in [4.69, 9.17) is 0 Å². The molecule has 2 N–H and O–H groups in total. The zero-order chi connectivity index (χ0) is 10.5. The van der Waals surface area contributed by atoms with E-state index in [0.717, 1.165) is 13.1 Å². The standard InChI is InChI=1S/C10H17N3S2/c1-8(10-12-3-5-15-10)13-6-9-7-14-4-2-11-9/h3,5,8-9,11,13H,2,4,6-7H2,1H3. The topological polar surface area (TPSA) is 37.0 Å². The third-order valence-electron chi connectivity index (χ3n) is 2.49. The molecule has 1 aromatic heterocycles. The van der Waals surface area contributed by atoms with Crippen molar-refractivity contribution in [3.8, 4) is 0 Å². The van der Waals surface area contributed by atoms with Gasteiger partial charge in [-0.25, -0.2) is 4.98 Å². The normalized spacial score (nSPS) is 23.9. The Bertz CT molecular complexity index is 270. The molecule has 0 radical (unpaired) electrons. The zero-order valence-electron chi connectivity index (χ0n) is 8.90. The second-order valence-electron chi connectivity index (χ2n) is 3.73. The Morgan fingerprint density at radius 1 is 1.73 bits per heavy atom. The van der Waals surface area contributed by atoms with Crippen molar-refractivity contribution in [3.05, 3.63) is 16.6 Å². The second-order valence-corrected chi connectivity index (χ2v) is 5.80. The lowest BCUT2D eigenvalue weighted by atomic mass is 10.3. The van der Waals surface area contributed by atoms with Gasteiger partial charge in [0.1, 0.15) is 5.01 Å². The van der Waals surface area contributed by atoms with E-state index in [1.54, 1.807) is 11.3 Å². The van der Waals surface area contributed by atoms with E-state index in [-0.39, 0.29) is 0 Å². The minimum atomic E-state index is 0.374. The molecule has 2 rings (SSSR count). The molecule has 0 aliphatic carbocycles. The molecule has 2 heterocycles. The highest BCUT2D eigenvalue weighted by molar-refractivity contribution is 7.99. The van der Waals surface area contributed by atoms with Crippen molar-refractivity contribution < 1.29 is 0 Å². The van der Waals surface area contributed by atoms with E-state index in [0.29, 0.717) is 12.1 Å². The molecule has 2 unspecified atom stereocenters. The highest BCUT2D eigenvalue weighted by Gasteiger charge is 2.14. The summed E-state index contributed by atoms with van der Waals surface area (Å²) < 4.78 is 0. The fourth-order valence-electron chi connectivity index (χ4n) is 1.61. The molecule has 1 aliphatic rings. The SMILES string of the molecule is CC(NCC1CSCCN1)c1nccs1. The molecule has 15 heavy (non-hydrogen) atoms. The van der Waals surface area contributed by atoms with E-state index < -0.39 is 0 Å². The molecule has 3 nitrogen and oxygen atoms in total. The fourth-order valence-corrected chi connectivity index (χ4v) is 3.22. The van der Waals surface area contributed by atoms with Crippen LogP contribution in [0.15, 0.2) is 11.6 Å². The van der Waals surface area contributed by atoms with Crippen molar-refractivity contribution in [1.29, 1.82) is 0 Å². The molecule has 2 atom stereocenters. The first-order valence-corrected chi connectivity index (χ1v) is 7.33. The first kappa shape index (κ1) is 11.4. The lowest BCUT2D eigenvalue weighted by Gasteiger charge is -2.24. The number of nitrogens with one attached hydrogen (secondary N) is 2. The largest absolute Gasteiger partial charge is 0.311 e. The van der Waals surface area contributed by atoms with Gasteiger partial charge in [-0.15, -0.1) is 11.3 Å². The van der Waals surface area contributed by atoms with Gasteiger partial charge in [-0.2, -0.15) is 11.8 Å². The monoisotopic (exact) mass is 243 g/mol. The molecule has 0 bridgehead atoms. The molecule has 0 aromatic carbocycles. The van der Waals surface area contributed by atoms with Crippen LogP contribution in [0.3, 0.4) is 0 Å². The van der Waals surface area contributed by atoms with Crippen LogP contribution in [0, 0.1) is 0 Å². The van der Waals surface area contributed by atoms with Gasteiger partial charge in [-0.1, -0.05) is 0 Å². The van der Waals surface area contributed by atoms with E-state index in [9.17, 15) is 0 Å². The molecule has 1 aromatic rings. The molecular weight excluding hydrogens is 226 g/mol. The summed E-state index contributed by atoms with van der Waals surface area (Å²) in [5.41, 5.74) is 0. The maximum atomic E-state index is 4.31. The number of thioether (sulfide) groups is 1. The van der Waals surface area contributed by atoms with E-state index in [2.05, 4.69) is 22.5 Å². The van der Waals surface area contributed by atoms with Crippen LogP contribution in [0.4, 0.5) is 0 Å². The van der Waals surface area contributed by atoms with E-state index in [1.807, 2.05) is 23.3 Å². The first-order chi connectivity index (χ1) is 7.36. The summed E-state index contributed by atoms with van der Waals surface area (Å²) >= 11 is 3.76. The van der Waals surface area contributed by atoms with Crippen molar-refractivity contribution in [3.63, 3.8) is 0 Å². The molecule has 0 spiro atoms. The van der Waals surface area contributed by atoms with Crippen LogP contribution in [-0.2, 0) is 0 Å². The van der Waals surface area contributed by atoms with Gasteiger partial charge in [0, 0.05) is 42.2 Å². The molecule has 1 aliphatic heterocycles. The fraction of sp³-hybridized carbons (Fsp3) is 0.700. The average Bonchev–Trinajstić information content (AvgIpc) is 2.81. The quantitative estimate of drug-likeness (QED) is 0.840. The molecule has 1 saturated heterocycles. The smallest absolute Gasteiger partial charge is 0.109 e. The Labute approximate surface area is 99.1 Å². The van der Waals surface area contributed by atoms with Gasteiger partial charge in [-0.05, 0) is 6.92 Å². The van der Waals surface area contributed by atoms with Gasteiger partial charge < -0.3 is 10.6 Å². The average molecular weight is 243 g/mol. The molecule has 1 fully saturated rings. The molecule has 0 amide bonds. The number of nitrogens with zero attached hydrogens (tertiary/aromatic N) is 1. The van der Waals surface area contributed by atoms with Crippen LogP contribution >= 0.6 is 23.1 Å². The van der Waals surface area contributed by atoms with Gasteiger partial charge in [0.05, 0.1) is 6.04 Å². The summed E-state index contributed by atoms with van der Waals surface area (Å²) in [4.78, 5) is 4.31. The zero-order valence-corrected chi connectivity index (χ0v) is 10.5. The first-order valence-electron chi connectivity index (χ1n) is 5.30. The number of hydrogen-bond donors (Lipinski definition) is 2. The Balaban J connectivity index is 1.73. The number of rotatable bonds is 4. The lowest BCUT2D eigenvalue weighted by molar-refractivity contribution is 0.476. The maximum absolute atomic E-state index is 4.31. The van der Waals surface area contributed by atoms with Crippen LogP contribution in [0.1, 0.15) is 18.0 Å². The summed E-state index contributed by atoms with van der Waals surface area (Å²) in [7, 11) is 0. The minimum Gasteiger partial charge on any atom is -0.311 e. The minimum absolute atomic E-state index is 0.374.